The van der Waals surface area contributed by atoms with Crippen LogP contribution in [0.3, 0.4) is 0 Å². The van der Waals surface area contributed by atoms with Crippen molar-refractivity contribution in [1.29, 1.82) is 0 Å². The minimum Gasteiger partial charge on any atom is -0.340 e. The minimum atomic E-state index is -0.367. The van der Waals surface area contributed by atoms with Gasteiger partial charge in [0.2, 0.25) is 5.91 Å². The van der Waals surface area contributed by atoms with Gasteiger partial charge in [-0.25, -0.2) is 9.78 Å². The Morgan fingerprint density at radius 2 is 1.63 bits per heavy atom. The third kappa shape index (κ3) is 4.21. The number of aromatic nitrogens is 4. The fourth-order valence-electron chi connectivity index (χ4n) is 3.93. The molecular formula is C21H34N6O3. The van der Waals surface area contributed by atoms with Crippen molar-refractivity contribution in [2.24, 2.45) is 25.9 Å². The molecular weight excluding hydrogens is 384 g/mol. The molecule has 1 fully saturated rings. The average molecular weight is 419 g/mol. The van der Waals surface area contributed by atoms with E-state index in [4.69, 9.17) is 4.98 Å². The Morgan fingerprint density at radius 3 is 2.20 bits per heavy atom. The number of hydrogen-bond acceptors (Lipinski definition) is 5. The Bertz CT molecular complexity index is 1040. The van der Waals surface area contributed by atoms with Crippen LogP contribution in [0.1, 0.15) is 39.9 Å². The number of rotatable bonds is 6. The standard InChI is InChI=1S/C21H34N6O3/c1-14(2)7-8-27-16(13-25-9-11-26(12-10-25)19(28)15(3)4)22-18-17(27)20(29)24(6)21(30)23(18)5/h14-15H,7-13H2,1-6H3. The summed E-state index contributed by atoms with van der Waals surface area (Å²) >= 11 is 0. The van der Waals surface area contributed by atoms with Crippen molar-refractivity contribution in [3.05, 3.63) is 26.7 Å². The molecule has 30 heavy (non-hydrogen) atoms. The lowest BCUT2D eigenvalue weighted by Gasteiger charge is -2.35. The van der Waals surface area contributed by atoms with Crippen LogP contribution < -0.4 is 11.2 Å². The first-order chi connectivity index (χ1) is 14.1. The molecule has 1 amide bonds. The summed E-state index contributed by atoms with van der Waals surface area (Å²) in [6, 6.07) is 0. The molecule has 3 heterocycles. The highest BCUT2D eigenvalue weighted by molar-refractivity contribution is 5.78. The van der Waals surface area contributed by atoms with E-state index in [1.54, 1.807) is 7.05 Å². The van der Waals surface area contributed by atoms with E-state index in [1.807, 2.05) is 23.3 Å². The third-order valence-electron chi connectivity index (χ3n) is 5.90. The van der Waals surface area contributed by atoms with Gasteiger partial charge in [0.1, 0.15) is 5.82 Å². The molecule has 0 saturated carbocycles. The Balaban J connectivity index is 1.92. The van der Waals surface area contributed by atoms with E-state index in [0.29, 0.717) is 43.3 Å². The molecule has 0 radical (unpaired) electrons. The number of aryl methyl sites for hydroxylation is 2. The SMILES string of the molecule is CC(C)CCn1c(CN2CCN(C(=O)C(C)C)CC2)nc2c1c(=O)n(C)c(=O)n2C. The van der Waals surface area contributed by atoms with E-state index in [0.717, 1.165) is 29.9 Å². The smallest absolute Gasteiger partial charge is 0.332 e. The first-order valence-corrected chi connectivity index (χ1v) is 10.8. The van der Waals surface area contributed by atoms with Gasteiger partial charge in [0.25, 0.3) is 5.56 Å². The number of piperazine rings is 1. The van der Waals surface area contributed by atoms with Crippen molar-refractivity contribution in [2.75, 3.05) is 26.2 Å². The van der Waals surface area contributed by atoms with Crippen LogP contribution in [0, 0.1) is 11.8 Å². The van der Waals surface area contributed by atoms with Crippen molar-refractivity contribution in [1.82, 2.24) is 28.5 Å². The number of amides is 1. The van der Waals surface area contributed by atoms with E-state index in [9.17, 15) is 14.4 Å². The first kappa shape index (κ1) is 22.3. The summed E-state index contributed by atoms with van der Waals surface area (Å²) in [4.78, 5) is 46.4. The van der Waals surface area contributed by atoms with E-state index >= 15 is 0 Å². The number of carbonyl (C=O) groups is 1. The molecule has 0 aromatic carbocycles. The lowest BCUT2D eigenvalue weighted by Crippen LogP contribution is -2.49. The molecule has 0 aliphatic carbocycles. The minimum absolute atomic E-state index is 0.00860. The molecule has 2 aromatic heterocycles. The molecule has 0 unspecified atom stereocenters. The van der Waals surface area contributed by atoms with Crippen molar-refractivity contribution in [3.63, 3.8) is 0 Å². The van der Waals surface area contributed by atoms with E-state index in [1.165, 1.54) is 11.6 Å². The molecule has 3 rings (SSSR count). The van der Waals surface area contributed by atoms with Crippen LogP contribution in [0.4, 0.5) is 0 Å². The van der Waals surface area contributed by atoms with Crippen molar-refractivity contribution in [2.45, 2.75) is 47.2 Å². The van der Waals surface area contributed by atoms with Crippen LogP contribution in [0.25, 0.3) is 11.2 Å². The Morgan fingerprint density at radius 1 is 1.00 bits per heavy atom. The van der Waals surface area contributed by atoms with Crippen LogP contribution in [0.15, 0.2) is 9.59 Å². The first-order valence-electron chi connectivity index (χ1n) is 10.8. The number of hydrogen-bond donors (Lipinski definition) is 0. The second-order valence-electron chi connectivity index (χ2n) is 9.00. The highest BCUT2D eigenvalue weighted by Crippen LogP contribution is 2.17. The summed E-state index contributed by atoms with van der Waals surface area (Å²) in [5, 5.41) is 0. The van der Waals surface area contributed by atoms with Crippen LogP contribution >= 0.6 is 0 Å². The molecule has 166 valence electrons. The normalized spacial score (nSPS) is 15.7. The van der Waals surface area contributed by atoms with Gasteiger partial charge in [0, 0.05) is 52.7 Å². The Labute approximate surface area is 176 Å². The lowest BCUT2D eigenvalue weighted by atomic mass is 10.1. The van der Waals surface area contributed by atoms with Gasteiger partial charge in [-0.15, -0.1) is 0 Å². The highest BCUT2D eigenvalue weighted by atomic mass is 16.2. The van der Waals surface area contributed by atoms with E-state index in [2.05, 4.69) is 18.7 Å². The maximum Gasteiger partial charge on any atom is 0.332 e. The summed E-state index contributed by atoms with van der Waals surface area (Å²) in [6.07, 6.45) is 0.918. The predicted molar refractivity (Wildman–Crippen MR) is 116 cm³/mol. The summed E-state index contributed by atoms with van der Waals surface area (Å²) in [5.74, 6) is 1.48. The van der Waals surface area contributed by atoms with E-state index in [-0.39, 0.29) is 23.1 Å². The zero-order valence-corrected chi connectivity index (χ0v) is 19.0. The van der Waals surface area contributed by atoms with Gasteiger partial charge < -0.3 is 9.47 Å². The molecule has 1 aliphatic heterocycles. The summed E-state index contributed by atoms with van der Waals surface area (Å²) in [5.41, 5.74) is 0.260. The van der Waals surface area contributed by atoms with Crippen molar-refractivity contribution >= 4 is 17.1 Å². The van der Waals surface area contributed by atoms with Gasteiger partial charge in [-0.1, -0.05) is 27.7 Å². The molecule has 0 bridgehead atoms. The van der Waals surface area contributed by atoms with Crippen LogP contribution in [0.5, 0.6) is 0 Å². The van der Waals surface area contributed by atoms with Gasteiger partial charge in [-0.05, 0) is 12.3 Å². The highest BCUT2D eigenvalue weighted by Gasteiger charge is 2.25. The van der Waals surface area contributed by atoms with Crippen LogP contribution in [-0.4, -0.2) is 60.6 Å². The summed E-state index contributed by atoms with van der Waals surface area (Å²) in [6.45, 7) is 12.4. The number of carbonyl (C=O) groups excluding carboxylic acids is 1. The molecule has 1 aliphatic rings. The maximum atomic E-state index is 12.9. The molecule has 1 saturated heterocycles. The Kier molecular flexibility index (Phi) is 6.50. The topological polar surface area (TPSA) is 85.4 Å². The van der Waals surface area contributed by atoms with Gasteiger partial charge in [-0.3, -0.25) is 23.6 Å². The van der Waals surface area contributed by atoms with Crippen molar-refractivity contribution in [3.8, 4) is 0 Å². The van der Waals surface area contributed by atoms with Crippen LogP contribution in [-0.2, 0) is 32.0 Å². The van der Waals surface area contributed by atoms with Crippen molar-refractivity contribution < 1.29 is 4.79 Å². The number of nitrogens with zero attached hydrogens (tertiary/aromatic N) is 6. The largest absolute Gasteiger partial charge is 0.340 e. The number of imidazole rings is 1. The van der Waals surface area contributed by atoms with Gasteiger partial charge >= 0.3 is 5.69 Å². The maximum absolute atomic E-state index is 12.9. The quantitative estimate of drug-likeness (QED) is 0.692. The molecule has 0 spiro atoms. The van der Waals surface area contributed by atoms with Gasteiger partial charge in [-0.2, -0.15) is 0 Å². The van der Waals surface area contributed by atoms with Crippen LogP contribution in [0.2, 0.25) is 0 Å². The molecule has 9 nitrogen and oxygen atoms in total. The zero-order valence-electron chi connectivity index (χ0n) is 19.0. The number of fused-ring (bicyclic) bond motifs is 1. The van der Waals surface area contributed by atoms with Gasteiger partial charge in [0.15, 0.2) is 11.2 Å². The fourth-order valence-corrected chi connectivity index (χ4v) is 3.93. The summed E-state index contributed by atoms with van der Waals surface area (Å²) < 4.78 is 4.59. The fraction of sp³-hybridized carbons (Fsp3) is 0.714. The molecule has 2 aromatic rings. The molecule has 0 atom stereocenters. The third-order valence-corrected chi connectivity index (χ3v) is 5.90. The zero-order chi connectivity index (χ0) is 22.2. The predicted octanol–water partition coefficient (Wildman–Crippen LogP) is 0.780. The van der Waals surface area contributed by atoms with Gasteiger partial charge in [0.05, 0.1) is 6.54 Å². The lowest BCUT2D eigenvalue weighted by molar-refractivity contribution is -0.136. The average Bonchev–Trinajstić information content (AvgIpc) is 3.07. The Hall–Kier alpha value is -2.42. The second kappa shape index (κ2) is 8.75. The molecule has 9 heteroatoms. The monoisotopic (exact) mass is 418 g/mol. The molecule has 0 N–H and O–H groups in total. The summed E-state index contributed by atoms with van der Waals surface area (Å²) in [7, 11) is 3.17. The van der Waals surface area contributed by atoms with E-state index < -0.39 is 0 Å². The second-order valence-corrected chi connectivity index (χ2v) is 9.00.